The summed E-state index contributed by atoms with van der Waals surface area (Å²) in [7, 11) is 0. The Kier molecular flexibility index (Phi) is 5.40. The zero-order valence-corrected chi connectivity index (χ0v) is 16.0. The van der Waals surface area contributed by atoms with E-state index < -0.39 is 0 Å². The highest BCUT2D eigenvalue weighted by Gasteiger charge is 2.21. The van der Waals surface area contributed by atoms with E-state index in [9.17, 15) is 9.59 Å². The van der Waals surface area contributed by atoms with Gasteiger partial charge in [-0.3, -0.25) is 9.59 Å². The van der Waals surface area contributed by atoms with E-state index in [1.54, 1.807) is 23.2 Å². The molecule has 3 rings (SSSR count). The molecule has 7 heteroatoms. The topological polar surface area (TPSA) is 62.4 Å². The average Bonchev–Trinajstić information content (AvgIpc) is 3.25. The molecule has 0 unspecified atom stereocenters. The van der Waals surface area contributed by atoms with Gasteiger partial charge in [-0.1, -0.05) is 15.9 Å². The molecule has 24 heavy (non-hydrogen) atoms. The second-order valence-corrected chi connectivity index (χ2v) is 7.36. The molecule has 0 atom stereocenters. The first-order chi connectivity index (χ1) is 11.5. The lowest BCUT2D eigenvalue weighted by Crippen LogP contribution is -2.27. The molecule has 1 aromatic carbocycles. The summed E-state index contributed by atoms with van der Waals surface area (Å²) in [6.07, 6.45) is 3.63. The minimum absolute atomic E-state index is 0.0527. The number of hydrogen-bond donors (Lipinski definition) is 1. The van der Waals surface area contributed by atoms with Crippen LogP contribution < -0.4 is 4.74 Å². The number of Topliss-reactive ketones (excluding diaryl/α,β-unsaturated/α-hetero) is 1. The highest BCUT2D eigenvalue weighted by molar-refractivity contribution is 9.11. The number of hydrogen-bond acceptors (Lipinski definition) is 3. The number of benzene rings is 1. The van der Waals surface area contributed by atoms with Crippen LogP contribution in [0.1, 0.15) is 33.7 Å². The Balaban J connectivity index is 1.62. The van der Waals surface area contributed by atoms with E-state index in [0.717, 1.165) is 34.9 Å². The molecule has 1 saturated heterocycles. The van der Waals surface area contributed by atoms with E-state index in [4.69, 9.17) is 4.74 Å². The summed E-state index contributed by atoms with van der Waals surface area (Å²) in [6.45, 7) is 1.47. The summed E-state index contributed by atoms with van der Waals surface area (Å²) in [6, 6.07) is 7.07. The van der Waals surface area contributed by atoms with Gasteiger partial charge < -0.3 is 14.6 Å². The van der Waals surface area contributed by atoms with Crippen molar-refractivity contribution in [3.63, 3.8) is 0 Å². The molecule has 2 heterocycles. The van der Waals surface area contributed by atoms with Crippen molar-refractivity contribution in [2.24, 2.45) is 0 Å². The number of likely N-dealkylation sites (tertiary alicyclic amines) is 1. The molecule has 0 spiro atoms. The van der Waals surface area contributed by atoms with Gasteiger partial charge in [-0.25, -0.2) is 0 Å². The highest BCUT2D eigenvalue weighted by atomic mass is 79.9. The molecule has 1 N–H and O–H groups in total. The quantitative estimate of drug-likeness (QED) is 0.692. The van der Waals surface area contributed by atoms with Gasteiger partial charge in [-0.05, 0) is 53.0 Å². The van der Waals surface area contributed by atoms with Crippen molar-refractivity contribution in [3.8, 4) is 5.75 Å². The van der Waals surface area contributed by atoms with Crippen LogP contribution in [0.25, 0.3) is 0 Å². The van der Waals surface area contributed by atoms with Crippen LogP contribution in [0.3, 0.4) is 0 Å². The van der Waals surface area contributed by atoms with Gasteiger partial charge in [-0.2, -0.15) is 0 Å². The van der Waals surface area contributed by atoms with E-state index in [0.29, 0.717) is 17.0 Å². The molecule has 0 radical (unpaired) electrons. The Morgan fingerprint density at radius 3 is 2.62 bits per heavy atom. The van der Waals surface area contributed by atoms with E-state index in [2.05, 4.69) is 36.8 Å². The molecule has 1 aliphatic heterocycles. The Morgan fingerprint density at radius 1 is 1.17 bits per heavy atom. The molecule has 0 aliphatic carbocycles. The van der Waals surface area contributed by atoms with Crippen molar-refractivity contribution in [2.45, 2.75) is 12.8 Å². The molecule has 1 aliphatic rings. The predicted octanol–water partition coefficient (Wildman–Crippen LogP) is 4.04. The smallest absolute Gasteiger partial charge is 0.270 e. The molecule has 2 aromatic rings. The van der Waals surface area contributed by atoms with Crippen LogP contribution in [0.5, 0.6) is 5.75 Å². The maximum absolute atomic E-state index is 12.3. The Labute approximate surface area is 156 Å². The standard InChI is InChI=1S/C17H16Br2N2O3/c18-12-3-4-16(13(19)8-12)24-10-15(22)11-7-14(20-9-11)17(23)21-5-1-2-6-21/h3-4,7-9,20H,1-2,5-6,10H2. The number of nitrogens with one attached hydrogen (secondary N) is 1. The number of H-pyrrole nitrogens is 1. The fourth-order valence-corrected chi connectivity index (χ4v) is 3.75. The second-order valence-electron chi connectivity index (χ2n) is 5.59. The van der Waals surface area contributed by atoms with Crippen LogP contribution in [-0.4, -0.2) is 41.3 Å². The molecular formula is C17H16Br2N2O3. The summed E-state index contributed by atoms with van der Waals surface area (Å²) in [5.74, 6) is 0.361. The average molecular weight is 456 g/mol. The fraction of sp³-hybridized carbons (Fsp3) is 0.294. The van der Waals surface area contributed by atoms with Crippen LogP contribution in [0, 0.1) is 0 Å². The Morgan fingerprint density at radius 2 is 1.92 bits per heavy atom. The molecule has 126 valence electrons. The molecule has 0 bridgehead atoms. The number of aromatic amines is 1. The maximum atomic E-state index is 12.3. The third kappa shape index (κ3) is 3.89. The summed E-state index contributed by atoms with van der Waals surface area (Å²) in [5, 5.41) is 0. The second kappa shape index (κ2) is 7.53. The summed E-state index contributed by atoms with van der Waals surface area (Å²) in [4.78, 5) is 29.2. The largest absolute Gasteiger partial charge is 0.484 e. The number of amides is 1. The van der Waals surface area contributed by atoms with E-state index in [-0.39, 0.29) is 18.3 Å². The van der Waals surface area contributed by atoms with E-state index >= 15 is 0 Å². The molecular weight excluding hydrogens is 440 g/mol. The number of ketones is 1. The molecule has 1 fully saturated rings. The van der Waals surface area contributed by atoms with Gasteiger partial charge in [0.25, 0.3) is 5.91 Å². The number of nitrogens with zero attached hydrogens (tertiary/aromatic N) is 1. The highest BCUT2D eigenvalue weighted by Crippen LogP contribution is 2.28. The minimum atomic E-state index is -0.179. The first-order valence-corrected chi connectivity index (χ1v) is 9.22. The number of halogens is 2. The van der Waals surface area contributed by atoms with Crippen molar-refractivity contribution in [1.29, 1.82) is 0 Å². The number of rotatable bonds is 5. The molecule has 1 amide bonds. The lowest BCUT2D eigenvalue weighted by Gasteiger charge is -2.13. The lowest BCUT2D eigenvalue weighted by molar-refractivity contribution is 0.0787. The van der Waals surface area contributed by atoms with Gasteiger partial charge >= 0.3 is 0 Å². The third-order valence-corrected chi connectivity index (χ3v) is 4.99. The van der Waals surface area contributed by atoms with E-state index in [1.807, 2.05) is 12.1 Å². The zero-order valence-electron chi connectivity index (χ0n) is 12.9. The number of carbonyl (C=O) groups excluding carboxylic acids is 2. The minimum Gasteiger partial charge on any atom is -0.484 e. The summed E-state index contributed by atoms with van der Waals surface area (Å²) in [5.41, 5.74) is 0.899. The van der Waals surface area contributed by atoms with Gasteiger partial charge in [0.05, 0.1) is 4.47 Å². The Bertz CT molecular complexity index is 767. The number of ether oxygens (including phenoxy) is 1. The molecule has 5 nitrogen and oxygen atoms in total. The van der Waals surface area contributed by atoms with Gasteiger partial charge in [0.2, 0.25) is 5.78 Å². The van der Waals surface area contributed by atoms with Gasteiger partial charge in [0, 0.05) is 29.3 Å². The maximum Gasteiger partial charge on any atom is 0.270 e. The number of carbonyl (C=O) groups is 2. The summed E-state index contributed by atoms with van der Waals surface area (Å²) < 4.78 is 7.24. The van der Waals surface area contributed by atoms with Crippen molar-refractivity contribution >= 4 is 43.6 Å². The Hall–Kier alpha value is -1.60. The predicted molar refractivity (Wildman–Crippen MR) is 97.6 cm³/mol. The first kappa shape index (κ1) is 17.2. The van der Waals surface area contributed by atoms with Crippen LogP contribution in [-0.2, 0) is 0 Å². The monoisotopic (exact) mass is 454 g/mol. The van der Waals surface area contributed by atoms with E-state index in [1.165, 1.54) is 0 Å². The SMILES string of the molecule is O=C(COc1ccc(Br)cc1Br)c1c[nH]c(C(=O)N2CCCC2)c1. The summed E-state index contributed by atoms with van der Waals surface area (Å²) >= 11 is 6.76. The molecule has 0 saturated carbocycles. The van der Waals surface area contributed by atoms with Gasteiger partial charge in [0.1, 0.15) is 11.4 Å². The first-order valence-electron chi connectivity index (χ1n) is 7.63. The number of aromatic nitrogens is 1. The fourth-order valence-electron chi connectivity index (χ4n) is 2.59. The van der Waals surface area contributed by atoms with Crippen molar-refractivity contribution in [2.75, 3.05) is 19.7 Å². The molecule has 1 aromatic heterocycles. The van der Waals surface area contributed by atoms with Crippen LogP contribution in [0.2, 0.25) is 0 Å². The third-order valence-electron chi connectivity index (χ3n) is 3.88. The van der Waals surface area contributed by atoms with Crippen molar-refractivity contribution in [1.82, 2.24) is 9.88 Å². The van der Waals surface area contributed by atoms with Crippen molar-refractivity contribution < 1.29 is 14.3 Å². The van der Waals surface area contributed by atoms with Crippen LogP contribution in [0.4, 0.5) is 0 Å². The van der Waals surface area contributed by atoms with Crippen LogP contribution >= 0.6 is 31.9 Å². The van der Waals surface area contributed by atoms with Gasteiger partial charge in [-0.15, -0.1) is 0 Å². The normalized spacial score (nSPS) is 14.0. The van der Waals surface area contributed by atoms with Crippen LogP contribution in [0.15, 0.2) is 39.4 Å². The van der Waals surface area contributed by atoms with Gasteiger partial charge in [0.15, 0.2) is 6.61 Å². The zero-order chi connectivity index (χ0) is 17.1. The van der Waals surface area contributed by atoms with Crippen molar-refractivity contribution in [3.05, 3.63) is 50.7 Å². The lowest BCUT2D eigenvalue weighted by atomic mass is 10.2.